The normalized spacial score (nSPS) is 41.1. The Morgan fingerprint density at radius 1 is 1.15 bits per heavy atom. The standard InChI is InChI=1S/C11H21NO/c1-8(2)12-9-4-3-5-10(12)11(13)7-6-9/h8-11,13H,3-7H2,1-2H3/t9?,10?,11-/m1/s1. The van der Waals surface area contributed by atoms with Gasteiger partial charge in [-0.15, -0.1) is 0 Å². The molecule has 2 nitrogen and oxygen atoms in total. The van der Waals surface area contributed by atoms with Crippen molar-refractivity contribution in [2.45, 2.75) is 70.2 Å². The van der Waals surface area contributed by atoms with E-state index in [2.05, 4.69) is 18.7 Å². The number of hydrogen-bond donors (Lipinski definition) is 1. The van der Waals surface area contributed by atoms with E-state index in [0.29, 0.717) is 12.1 Å². The molecule has 2 bridgehead atoms. The van der Waals surface area contributed by atoms with Gasteiger partial charge in [-0.25, -0.2) is 0 Å². The molecule has 0 saturated carbocycles. The summed E-state index contributed by atoms with van der Waals surface area (Å²) in [5.74, 6) is 0. The fraction of sp³-hybridized carbons (Fsp3) is 1.00. The van der Waals surface area contributed by atoms with E-state index >= 15 is 0 Å². The molecule has 0 aromatic carbocycles. The monoisotopic (exact) mass is 183 g/mol. The minimum absolute atomic E-state index is 0.0565. The van der Waals surface area contributed by atoms with Gasteiger partial charge in [-0.05, 0) is 39.5 Å². The highest BCUT2D eigenvalue weighted by molar-refractivity contribution is 4.94. The van der Waals surface area contributed by atoms with Gasteiger partial charge >= 0.3 is 0 Å². The molecule has 76 valence electrons. The van der Waals surface area contributed by atoms with Crippen molar-refractivity contribution in [2.75, 3.05) is 0 Å². The zero-order valence-corrected chi connectivity index (χ0v) is 8.74. The van der Waals surface area contributed by atoms with Crippen LogP contribution in [0.2, 0.25) is 0 Å². The lowest BCUT2D eigenvalue weighted by Gasteiger charge is -2.50. The number of aliphatic hydroxyl groups is 1. The third-order valence-corrected chi connectivity index (χ3v) is 3.68. The van der Waals surface area contributed by atoms with Gasteiger partial charge < -0.3 is 5.11 Å². The van der Waals surface area contributed by atoms with Crippen LogP contribution in [0.15, 0.2) is 0 Å². The molecule has 0 radical (unpaired) electrons. The molecule has 2 saturated heterocycles. The van der Waals surface area contributed by atoms with Gasteiger partial charge in [0, 0.05) is 18.1 Å². The van der Waals surface area contributed by atoms with E-state index in [-0.39, 0.29) is 6.10 Å². The Kier molecular flexibility index (Phi) is 2.61. The first kappa shape index (κ1) is 9.47. The Balaban J connectivity index is 2.14. The topological polar surface area (TPSA) is 23.5 Å². The van der Waals surface area contributed by atoms with Crippen LogP contribution < -0.4 is 0 Å². The fourth-order valence-electron chi connectivity index (χ4n) is 3.18. The van der Waals surface area contributed by atoms with E-state index in [4.69, 9.17) is 0 Å². The van der Waals surface area contributed by atoms with Crippen molar-refractivity contribution in [2.24, 2.45) is 0 Å². The Morgan fingerprint density at radius 2 is 1.92 bits per heavy atom. The Bertz CT molecular complexity index is 181. The number of fused-ring (bicyclic) bond motifs is 2. The molecule has 2 unspecified atom stereocenters. The third kappa shape index (κ3) is 1.62. The Morgan fingerprint density at radius 3 is 2.54 bits per heavy atom. The Hall–Kier alpha value is -0.0800. The average Bonchev–Trinajstić information content (AvgIpc) is 2.11. The van der Waals surface area contributed by atoms with E-state index in [0.717, 1.165) is 12.5 Å². The molecule has 0 aromatic heterocycles. The van der Waals surface area contributed by atoms with Crippen LogP contribution in [-0.4, -0.2) is 34.2 Å². The maximum Gasteiger partial charge on any atom is 0.0696 e. The lowest BCUT2D eigenvalue weighted by molar-refractivity contribution is -0.0640. The minimum Gasteiger partial charge on any atom is -0.391 e. The van der Waals surface area contributed by atoms with Gasteiger partial charge in [-0.3, -0.25) is 4.90 Å². The summed E-state index contributed by atoms with van der Waals surface area (Å²) in [7, 11) is 0. The SMILES string of the molecule is CC(C)N1C2CCCC1[C@H](O)CC2. The van der Waals surface area contributed by atoms with Gasteiger partial charge in [-0.1, -0.05) is 6.42 Å². The summed E-state index contributed by atoms with van der Waals surface area (Å²) in [5.41, 5.74) is 0. The van der Waals surface area contributed by atoms with Gasteiger partial charge in [0.05, 0.1) is 6.10 Å². The van der Waals surface area contributed by atoms with Crippen molar-refractivity contribution in [1.82, 2.24) is 4.90 Å². The lowest BCUT2D eigenvalue weighted by Crippen LogP contribution is -2.58. The molecule has 2 aliphatic heterocycles. The van der Waals surface area contributed by atoms with Crippen LogP contribution in [0.25, 0.3) is 0 Å². The average molecular weight is 183 g/mol. The zero-order chi connectivity index (χ0) is 9.42. The van der Waals surface area contributed by atoms with E-state index in [1.165, 1.54) is 25.7 Å². The predicted octanol–water partition coefficient (Wildman–Crippen LogP) is 1.77. The molecule has 1 N–H and O–H groups in total. The third-order valence-electron chi connectivity index (χ3n) is 3.68. The largest absolute Gasteiger partial charge is 0.391 e. The van der Waals surface area contributed by atoms with Crippen LogP contribution in [0.4, 0.5) is 0 Å². The van der Waals surface area contributed by atoms with Crippen LogP contribution >= 0.6 is 0 Å². The molecule has 2 heterocycles. The summed E-state index contributed by atoms with van der Waals surface area (Å²) in [6.45, 7) is 4.51. The fourth-order valence-corrected chi connectivity index (χ4v) is 3.18. The first-order chi connectivity index (χ1) is 6.20. The van der Waals surface area contributed by atoms with Crippen LogP contribution in [0.1, 0.15) is 46.0 Å². The molecular weight excluding hydrogens is 162 g/mol. The smallest absolute Gasteiger partial charge is 0.0696 e. The first-order valence-electron chi connectivity index (χ1n) is 5.65. The summed E-state index contributed by atoms with van der Waals surface area (Å²) in [6, 6.07) is 1.83. The second-order valence-electron chi connectivity index (χ2n) is 4.84. The molecule has 0 amide bonds. The quantitative estimate of drug-likeness (QED) is 0.669. The van der Waals surface area contributed by atoms with E-state index < -0.39 is 0 Å². The summed E-state index contributed by atoms with van der Waals surface area (Å²) in [4.78, 5) is 2.55. The Labute approximate surface area is 80.9 Å². The number of nitrogens with zero attached hydrogens (tertiary/aromatic N) is 1. The highest BCUT2D eigenvalue weighted by atomic mass is 16.3. The highest BCUT2D eigenvalue weighted by Crippen LogP contribution is 2.35. The summed E-state index contributed by atoms with van der Waals surface area (Å²) in [5, 5.41) is 9.90. The molecule has 2 aliphatic rings. The van der Waals surface area contributed by atoms with Crippen molar-refractivity contribution in [3.63, 3.8) is 0 Å². The highest BCUT2D eigenvalue weighted by Gasteiger charge is 2.39. The van der Waals surface area contributed by atoms with Crippen molar-refractivity contribution >= 4 is 0 Å². The number of piperidine rings is 2. The first-order valence-corrected chi connectivity index (χ1v) is 5.65. The van der Waals surface area contributed by atoms with Crippen LogP contribution in [0.3, 0.4) is 0 Å². The van der Waals surface area contributed by atoms with E-state index in [1.807, 2.05) is 0 Å². The summed E-state index contributed by atoms with van der Waals surface area (Å²) >= 11 is 0. The van der Waals surface area contributed by atoms with Crippen molar-refractivity contribution < 1.29 is 5.11 Å². The van der Waals surface area contributed by atoms with Crippen molar-refractivity contribution in [3.8, 4) is 0 Å². The molecule has 2 rings (SSSR count). The number of rotatable bonds is 1. The second-order valence-corrected chi connectivity index (χ2v) is 4.84. The number of hydrogen-bond acceptors (Lipinski definition) is 2. The van der Waals surface area contributed by atoms with Gasteiger partial charge in [0.2, 0.25) is 0 Å². The zero-order valence-electron chi connectivity index (χ0n) is 8.74. The predicted molar refractivity (Wildman–Crippen MR) is 53.6 cm³/mol. The molecule has 0 aliphatic carbocycles. The molecule has 0 aromatic rings. The van der Waals surface area contributed by atoms with Crippen LogP contribution in [-0.2, 0) is 0 Å². The molecule has 13 heavy (non-hydrogen) atoms. The summed E-state index contributed by atoms with van der Waals surface area (Å²) < 4.78 is 0. The van der Waals surface area contributed by atoms with Gasteiger partial charge in [0.15, 0.2) is 0 Å². The minimum atomic E-state index is -0.0565. The molecular formula is C11H21NO. The maximum atomic E-state index is 9.90. The number of aliphatic hydroxyl groups excluding tert-OH is 1. The van der Waals surface area contributed by atoms with Gasteiger partial charge in [-0.2, -0.15) is 0 Å². The molecule has 0 spiro atoms. The summed E-state index contributed by atoms with van der Waals surface area (Å²) in [6.07, 6.45) is 6.04. The second kappa shape index (κ2) is 3.58. The van der Waals surface area contributed by atoms with E-state index in [9.17, 15) is 5.11 Å². The van der Waals surface area contributed by atoms with Crippen LogP contribution in [0, 0.1) is 0 Å². The van der Waals surface area contributed by atoms with E-state index in [1.54, 1.807) is 0 Å². The van der Waals surface area contributed by atoms with Gasteiger partial charge in [0.25, 0.3) is 0 Å². The lowest BCUT2D eigenvalue weighted by atomic mass is 9.82. The van der Waals surface area contributed by atoms with Gasteiger partial charge in [0.1, 0.15) is 0 Å². The van der Waals surface area contributed by atoms with Crippen molar-refractivity contribution in [3.05, 3.63) is 0 Å². The molecule has 2 fully saturated rings. The molecule has 2 heteroatoms. The maximum absolute atomic E-state index is 9.90. The van der Waals surface area contributed by atoms with Crippen molar-refractivity contribution in [1.29, 1.82) is 0 Å². The van der Waals surface area contributed by atoms with Crippen LogP contribution in [0.5, 0.6) is 0 Å². The molecule has 3 atom stereocenters.